The molecule has 0 spiro atoms. The minimum absolute atomic E-state index is 0.366. The molecule has 0 bridgehead atoms. The van der Waals surface area contributed by atoms with Crippen molar-refractivity contribution in [2.45, 2.75) is 24.8 Å². The summed E-state index contributed by atoms with van der Waals surface area (Å²) in [6.45, 7) is 2.92. The van der Waals surface area contributed by atoms with Gasteiger partial charge in [-0.25, -0.2) is 5.01 Å². The van der Waals surface area contributed by atoms with E-state index in [4.69, 9.17) is 18.0 Å². The minimum atomic E-state index is 0.366. The number of nitrogens with two attached hydrogens (primary N) is 1. The highest BCUT2D eigenvalue weighted by Crippen LogP contribution is 2.42. The zero-order valence-electron chi connectivity index (χ0n) is 14.0. The van der Waals surface area contributed by atoms with Crippen molar-refractivity contribution < 1.29 is 0 Å². The summed E-state index contributed by atoms with van der Waals surface area (Å²) in [5, 5.41) is 4.89. The summed E-state index contributed by atoms with van der Waals surface area (Å²) in [6, 6.07) is 21.2. The van der Waals surface area contributed by atoms with Gasteiger partial charge in [0.15, 0.2) is 5.11 Å². The van der Waals surface area contributed by atoms with Crippen molar-refractivity contribution in [3.8, 4) is 0 Å². The van der Waals surface area contributed by atoms with Crippen LogP contribution in [0.5, 0.6) is 0 Å². The molecule has 0 saturated carbocycles. The van der Waals surface area contributed by atoms with Gasteiger partial charge < -0.3 is 5.73 Å². The highest BCUT2D eigenvalue weighted by Gasteiger charge is 2.29. The summed E-state index contributed by atoms with van der Waals surface area (Å²) >= 11 is 7.09. The number of hydrogen-bond acceptors (Lipinski definition) is 3. The monoisotopic (exact) mass is 365 g/mol. The van der Waals surface area contributed by atoms with Crippen LogP contribution in [0.1, 0.15) is 18.1 Å². The first-order chi connectivity index (χ1) is 12.2. The average molecular weight is 366 g/mol. The lowest BCUT2D eigenvalue weighted by molar-refractivity contribution is 0.503. The molecule has 0 amide bonds. The molecular formula is C20H19N3S2. The molecule has 3 aromatic carbocycles. The Balaban J connectivity index is 1.76. The zero-order valence-corrected chi connectivity index (χ0v) is 15.6. The molecule has 5 heteroatoms. The molecule has 0 atom stereocenters. The first kappa shape index (κ1) is 16.4. The Hall–Kier alpha value is -2.08. The van der Waals surface area contributed by atoms with Crippen molar-refractivity contribution in [2.75, 3.05) is 5.01 Å². The third kappa shape index (κ3) is 2.88. The van der Waals surface area contributed by atoms with Gasteiger partial charge in [-0.05, 0) is 64.6 Å². The molecule has 1 heterocycles. The fourth-order valence-corrected chi connectivity index (χ4v) is 4.66. The largest absolute Gasteiger partial charge is 0.375 e. The second-order valence-corrected chi connectivity index (χ2v) is 7.46. The first-order valence-corrected chi connectivity index (χ1v) is 9.50. The highest BCUT2D eigenvalue weighted by atomic mass is 32.2. The topological polar surface area (TPSA) is 32.5 Å². The van der Waals surface area contributed by atoms with Crippen LogP contribution < -0.4 is 10.7 Å². The molecule has 1 aliphatic heterocycles. The quantitative estimate of drug-likeness (QED) is 0.528. The van der Waals surface area contributed by atoms with Gasteiger partial charge in [-0.2, -0.15) is 0 Å². The molecule has 0 aliphatic carbocycles. The number of para-hydroxylation sites is 1. The number of hydrazine groups is 1. The van der Waals surface area contributed by atoms with Gasteiger partial charge in [0.1, 0.15) is 0 Å². The SMILES string of the molecule is CCc1ccccc1N(C(N)=S)N1Cc2c(ccc3ccccc23)S1. The van der Waals surface area contributed by atoms with E-state index in [1.807, 2.05) is 11.1 Å². The smallest absolute Gasteiger partial charge is 0.186 e. The van der Waals surface area contributed by atoms with Crippen LogP contribution in [0, 0.1) is 0 Å². The zero-order chi connectivity index (χ0) is 17.4. The summed E-state index contributed by atoms with van der Waals surface area (Å²) in [5.41, 5.74) is 9.74. The van der Waals surface area contributed by atoms with Gasteiger partial charge in [-0.3, -0.25) is 0 Å². The second kappa shape index (κ2) is 6.67. The maximum absolute atomic E-state index is 6.12. The van der Waals surface area contributed by atoms with E-state index in [2.05, 4.69) is 65.9 Å². The number of aryl methyl sites for hydroxylation is 1. The number of benzene rings is 3. The normalized spacial score (nSPS) is 13.8. The first-order valence-electron chi connectivity index (χ1n) is 8.32. The van der Waals surface area contributed by atoms with E-state index in [-0.39, 0.29) is 0 Å². The standard InChI is InChI=1S/C20H19N3S2/c1-2-14-7-4-6-10-18(14)23(20(21)24)22-13-17-16-9-5-3-8-15(16)11-12-19(17)25-22/h3-12H,2,13H2,1H3,(H2,21,24). The van der Waals surface area contributed by atoms with Gasteiger partial charge >= 0.3 is 0 Å². The third-order valence-electron chi connectivity index (χ3n) is 4.53. The van der Waals surface area contributed by atoms with E-state index < -0.39 is 0 Å². The van der Waals surface area contributed by atoms with Crippen LogP contribution >= 0.6 is 24.2 Å². The van der Waals surface area contributed by atoms with Gasteiger partial charge in [-0.15, -0.1) is 4.41 Å². The minimum Gasteiger partial charge on any atom is -0.375 e. The molecular weight excluding hydrogens is 346 g/mol. The number of rotatable bonds is 3. The van der Waals surface area contributed by atoms with Gasteiger partial charge in [0.05, 0.1) is 12.2 Å². The molecule has 0 radical (unpaired) electrons. The van der Waals surface area contributed by atoms with Crippen molar-refractivity contribution in [1.29, 1.82) is 0 Å². The van der Waals surface area contributed by atoms with Gasteiger partial charge in [0, 0.05) is 4.90 Å². The Bertz CT molecular complexity index is 955. The molecule has 4 rings (SSSR count). The third-order valence-corrected chi connectivity index (χ3v) is 5.78. The molecule has 0 aromatic heterocycles. The summed E-state index contributed by atoms with van der Waals surface area (Å²) in [7, 11) is 0. The van der Waals surface area contributed by atoms with Crippen LogP contribution in [0.3, 0.4) is 0 Å². The van der Waals surface area contributed by atoms with Crippen molar-refractivity contribution in [3.63, 3.8) is 0 Å². The van der Waals surface area contributed by atoms with E-state index in [9.17, 15) is 0 Å². The van der Waals surface area contributed by atoms with Crippen LogP contribution in [0.15, 0.2) is 65.6 Å². The Morgan fingerprint density at radius 2 is 1.88 bits per heavy atom. The molecule has 3 aromatic rings. The molecule has 0 unspecified atom stereocenters. The number of fused-ring (bicyclic) bond motifs is 3. The predicted octanol–water partition coefficient (Wildman–Crippen LogP) is 4.89. The van der Waals surface area contributed by atoms with E-state index in [1.54, 1.807) is 11.9 Å². The fraction of sp³-hybridized carbons (Fsp3) is 0.150. The van der Waals surface area contributed by atoms with Crippen molar-refractivity contribution in [1.82, 2.24) is 4.41 Å². The molecule has 0 fully saturated rings. The Kier molecular flexibility index (Phi) is 4.37. The molecule has 3 nitrogen and oxygen atoms in total. The van der Waals surface area contributed by atoms with Crippen LogP contribution in [0.4, 0.5) is 5.69 Å². The van der Waals surface area contributed by atoms with Gasteiger partial charge in [0.2, 0.25) is 0 Å². The van der Waals surface area contributed by atoms with Gasteiger partial charge in [0.25, 0.3) is 0 Å². The second-order valence-electron chi connectivity index (χ2n) is 6.00. The van der Waals surface area contributed by atoms with Crippen LogP contribution in [0.25, 0.3) is 10.8 Å². The number of thiocarbonyl (C=S) groups is 1. The van der Waals surface area contributed by atoms with Gasteiger partial charge in [-0.1, -0.05) is 55.5 Å². The summed E-state index contributed by atoms with van der Waals surface area (Å²) in [4.78, 5) is 1.26. The fourth-order valence-electron chi connectivity index (χ4n) is 3.32. The van der Waals surface area contributed by atoms with E-state index >= 15 is 0 Å². The van der Waals surface area contributed by atoms with Crippen molar-refractivity contribution in [2.24, 2.45) is 5.73 Å². The van der Waals surface area contributed by atoms with Crippen LogP contribution in [0.2, 0.25) is 0 Å². The maximum atomic E-state index is 6.12. The Morgan fingerprint density at radius 3 is 2.68 bits per heavy atom. The number of anilines is 1. The lowest BCUT2D eigenvalue weighted by Gasteiger charge is -2.32. The lowest BCUT2D eigenvalue weighted by Crippen LogP contribution is -2.44. The highest BCUT2D eigenvalue weighted by molar-refractivity contribution is 7.97. The molecule has 126 valence electrons. The van der Waals surface area contributed by atoms with Crippen molar-refractivity contribution in [3.05, 3.63) is 71.8 Å². The summed E-state index contributed by atoms with van der Waals surface area (Å²) in [6.07, 6.45) is 0.934. The molecule has 2 N–H and O–H groups in total. The molecule has 1 aliphatic rings. The Morgan fingerprint density at radius 1 is 1.12 bits per heavy atom. The van der Waals surface area contributed by atoms with Crippen LogP contribution in [-0.4, -0.2) is 9.53 Å². The predicted molar refractivity (Wildman–Crippen MR) is 110 cm³/mol. The lowest BCUT2D eigenvalue weighted by atomic mass is 10.0. The maximum Gasteiger partial charge on any atom is 0.186 e. The number of hydrogen-bond donors (Lipinski definition) is 1. The average Bonchev–Trinajstić information content (AvgIpc) is 3.06. The molecule has 25 heavy (non-hydrogen) atoms. The van der Waals surface area contributed by atoms with E-state index in [1.165, 1.54) is 26.8 Å². The van der Waals surface area contributed by atoms with E-state index in [0.717, 1.165) is 18.7 Å². The van der Waals surface area contributed by atoms with Crippen molar-refractivity contribution >= 4 is 45.7 Å². The number of nitrogens with zero attached hydrogens (tertiary/aromatic N) is 2. The summed E-state index contributed by atoms with van der Waals surface area (Å²) in [5.74, 6) is 0. The summed E-state index contributed by atoms with van der Waals surface area (Å²) < 4.78 is 2.16. The van der Waals surface area contributed by atoms with E-state index in [0.29, 0.717) is 5.11 Å². The van der Waals surface area contributed by atoms with Crippen LogP contribution in [-0.2, 0) is 13.0 Å². The Labute approximate surface area is 157 Å². The molecule has 0 saturated heterocycles.